The molecule has 0 atom stereocenters. The molecule has 2 aromatic rings. The Kier molecular flexibility index (Phi) is 5.04. The average Bonchev–Trinajstić information content (AvgIpc) is 2.54. The number of carbonyl (C=O) groups excluding carboxylic acids is 2. The number of Topliss-reactive ketones (excluding diaryl/α,β-unsaturated/α-hetero) is 1. The molecule has 0 aromatic heterocycles. The van der Waals surface area contributed by atoms with Crippen molar-refractivity contribution in [3.8, 4) is 0 Å². The predicted octanol–water partition coefficient (Wildman–Crippen LogP) is 4.03. The summed E-state index contributed by atoms with van der Waals surface area (Å²) >= 11 is 0. The van der Waals surface area contributed by atoms with Gasteiger partial charge in [-0.3, -0.25) is 4.79 Å². The van der Waals surface area contributed by atoms with Gasteiger partial charge in [-0.2, -0.15) is 0 Å². The number of esters is 1. The minimum absolute atomic E-state index is 0.0465. The first-order valence-corrected chi connectivity index (χ1v) is 6.82. The molecule has 0 unspecified atom stereocenters. The van der Waals surface area contributed by atoms with E-state index >= 15 is 0 Å². The van der Waals surface area contributed by atoms with Gasteiger partial charge in [-0.05, 0) is 30.7 Å². The Balaban J connectivity index is 2.19. The normalized spacial score (nSPS) is 10.9. The Morgan fingerprint density at radius 3 is 2.05 bits per heavy atom. The molecule has 0 fully saturated rings. The maximum absolute atomic E-state index is 12.0. The second-order valence-electron chi connectivity index (χ2n) is 4.70. The van der Waals surface area contributed by atoms with Gasteiger partial charge in [0.25, 0.3) is 0 Å². The molecular formula is C19H16O3. The van der Waals surface area contributed by atoms with Crippen LogP contribution >= 0.6 is 0 Å². The molecule has 0 radical (unpaired) electrons. The van der Waals surface area contributed by atoms with E-state index in [4.69, 9.17) is 4.74 Å². The molecule has 0 aliphatic carbocycles. The first-order valence-electron chi connectivity index (χ1n) is 6.82. The molecule has 0 aliphatic rings. The summed E-state index contributed by atoms with van der Waals surface area (Å²) in [7, 11) is 0. The summed E-state index contributed by atoms with van der Waals surface area (Å²) in [5.74, 6) is -0.703. The van der Waals surface area contributed by atoms with Gasteiger partial charge in [0.05, 0.1) is 11.1 Å². The van der Waals surface area contributed by atoms with E-state index in [1.165, 1.54) is 6.92 Å². The van der Waals surface area contributed by atoms with Gasteiger partial charge in [0.1, 0.15) is 5.76 Å². The zero-order chi connectivity index (χ0) is 15.9. The van der Waals surface area contributed by atoms with Gasteiger partial charge < -0.3 is 4.74 Å². The quantitative estimate of drug-likeness (QED) is 0.362. The summed E-state index contributed by atoms with van der Waals surface area (Å²) < 4.78 is 5.21. The molecule has 0 amide bonds. The number of hydrogen-bond acceptors (Lipinski definition) is 3. The molecule has 3 nitrogen and oxygen atoms in total. The summed E-state index contributed by atoms with van der Waals surface area (Å²) in [5.41, 5.74) is 1.52. The Morgan fingerprint density at radius 2 is 1.50 bits per heavy atom. The van der Waals surface area contributed by atoms with E-state index in [2.05, 4.69) is 6.58 Å². The molecular weight excluding hydrogens is 276 g/mol. The monoisotopic (exact) mass is 292 g/mol. The first kappa shape index (κ1) is 15.4. The summed E-state index contributed by atoms with van der Waals surface area (Å²) in [6.07, 6.45) is 1.66. The van der Waals surface area contributed by atoms with Gasteiger partial charge in [-0.1, -0.05) is 55.1 Å². The molecule has 0 saturated heterocycles. The summed E-state index contributed by atoms with van der Waals surface area (Å²) in [6.45, 7) is 5.12. The lowest BCUT2D eigenvalue weighted by atomic mass is 10.1. The van der Waals surface area contributed by atoms with Crippen molar-refractivity contribution in [1.82, 2.24) is 0 Å². The fraction of sp³-hybridized carbons (Fsp3) is 0.0526. The van der Waals surface area contributed by atoms with Gasteiger partial charge >= 0.3 is 5.97 Å². The standard InChI is InChI=1S/C19H16O3/c1-14(20)18(13-16-9-5-3-6-10-16)15(2)22-19(21)17-11-7-4-8-12-17/h3-13H,2H2,1H3/b18-13-. The van der Waals surface area contributed by atoms with Crippen LogP contribution in [0.2, 0.25) is 0 Å². The van der Waals surface area contributed by atoms with Crippen molar-refractivity contribution in [2.75, 3.05) is 0 Å². The van der Waals surface area contributed by atoms with Crippen LogP contribution in [0, 0.1) is 0 Å². The Bertz CT molecular complexity index is 713. The second-order valence-corrected chi connectivity index (χ2v) is 4.70. The van der Waals surface area contributed by atoms with Crippen LogP contribution in [0.3, 0.4) is 0 Å². The summed E-state index contributed by atoms with van der Waals surface area (Å²) in [4.78, 5) is 23.8. The lowest BCUT2D eigenvalue weighted by Gasteiger charge is -2.09. The molecule has 0 saturated carbocycles. The number of ether oxygens (including phenoxy) is 1. The van der Waals surface area contributed by atoms with Crippen molar-refractivity contribution in [2.24, 2.45) is 0 Å². The molecule has 0 N–H and O–H groups in total. The topological polar surface area (TPSA) is 43.4 Å². The van der Waals surface area contributed by atoms with Gasteiger partial charge in [0, 0.05) is 0 Å². The van der Waals surface area contributed by atoms with Crippen molar-refractivity contribution < 1.29 is 14.3 Å². The average molecular weight is 292 g/mol. The molecule has 3 heteroatoms. The second kappa shape index (κ2) is 7.18. The maximum Gasteiger partial charge on any atom is 0.343 e. The zero-order valence-electron chi connectivity index (χ0n) is 12.3. The van der Waals surface area contributed by atoms with Crippen molar-refractivity contribution in [3.63, 3.8) is 0 Å². The van der Waals surface area contributed by atoms with Crippen LogP contribution < -0.4 is 0 Å². The number of rotatable bonds is 5. The third kappa shape index (κ3) is 4.03. The van der Waals surface area contributed by atoms with Gasteiger partial charge in [0.2, 0.25) is 0 Å². The number of carbonyl (C=O) groups is 2. The third-order valence-corrected chi connectivity index (χ3v) is 3.02. The smallest absolute Gasteiger partial charge is 0.343 e. The van der Waals surface area contributed by atoms with Gasteiger partial charge in [-0.15, -0.1) is 0 Å². The van der Waals surface area contributed by atoms with E-state index < -0.39 is 5.97 Å². The van der Waals surface area contributed by atoms with Crippen LogP contribution in [0.5, 0.6) is 0 Å². The zero-order valence-corrected chi connectivity index (χ0v) is 12.3. The van der Waals surface area contributed by atoms with Crippen molar-refractivity contribution in [2.45, 2.75) is 6.92 Å². The summed E-state index contributed by atoms with van der Waals surface area (Å²) in [6, 6.07) is 17.9. The van der Waals surface area contributed by atoms with Crippen molar-refractivity contribution in [3.05, 3.63) is 89.7 Å². The molecule has 110 valence electrons. The maximum atomic E-state index is 12.0. The largest absolute Gasteiger partial charge is 0.423 e. The molecule has 0 bridgehead atoms. The lowest BCUT2D eigenvalue weighted by molar-refractivity contribution is -0.113. The van der Waals surface area contributed by atoms with Gasteiger partial charge in [-0.25, -0.2) is 4.79 Å². The highest BCUT2D eigenvalue weighted by Gasteiger charge is 2.15. The number of benzene rings is 2. The highest BCUT2D eigenvalue weighted by atomic mass is 16.5. The minimum Gasteiger partial charge on any atom is -0.423 e. The highest BCUT2D eigenvalue weighted by molar-refractivity contribution is 6.02. The predicted molar refractivity (Wildman–Crippen MR) is 86.1 cm³/mol. The Labute approximate surface area is 129 Å². The third-order valence-electron chi connectivity index (χ3n) is 3.02. The number of hydrogen-bond donors (Lipinski definition) is 0. The number of ketones is 1. The van der Waals surface area contributed by atoms with E-state index in [9.17, 15) is 9.59 Å². The van der Waals surface area contributed by atoms with Crippen LogP contribution in [0.4, 0.5) is 0 Å². The SMILES string of the molecule is C=C(OC(=O)c1ccccc1)/C(=C\c1ccccc1)C(C)=O. The summed E-state index contributed by atoms with van der Waals surface area (Å²) in [5, 5.41) is 0. The lowest BCUT2D eigenvalue weighted by Crippen LogP contribution is -2.09. The molecule has 0 aliphatic heterocycles. The van der Waals surface area contributed by atoms with Crippen LogP contribution in [0.1, 0.15) is 22.8 Å². The number of allylic oxidation sites excluding steroid dienone is 1. The fourth-order valence-electron chi connectivity index (χ4n) is 1.89. The van der Waals surface area contributed by atoms with Crippen LogP contribution in [-0.2, 0) is 9.53 Å². The first-order chi connectivity index (χ1) is 10.6. The van der Waals surface area contributed by atoms with E-state index in [0.29, 0.717) is 5.56 Å². The van der Waals surface area contributed by atoms with Crippen molar-refractivity contribution >= 4 is 17.8 Å². The van der Waals surface area contributed by atoms with Crippen LogP contribution in [0.25, 0.3) is 6.08 Å². The molecule has 2 aromatic carbocycles. The highest BCUT2D eigenvalue weighted by Crippen LogP contribution is 2.17. The van der Waals surface area contributed by atoms with E-state index in [1.54, 1.807) is 30.3 Å². The van der Waals surface area contributed by atoms with Crippen molar-refractivity contribution in [1.29, 1.82) is 0 Å². The molecule has 0 spiro atoms. The Morgan fingerprint density at radius 1 is 0.955 bits per heavy atom. The van der Waals surface area contributed by atoms with Gasteiger partial charge in [0.15, 0.2) is 5.78 Å². The molecule has 2 rings (SSSR count). The van der Waals surface area contributed by atoms with Crippen LogP contribution in [0.15, 0.2) is 78.6 Å². The minimum atomic E-state index is -0.536. The Hall–Kier alpha value is -2.94. The van der Waals surface area contributed by atoms with E-state index in [1.807, 2.05) is 36.4 Å². The molecule has 22 heavy (non-hydrogen) atoms. The van der Waals surface area contributed by atoms with E-state index in [0.717, 1.165) is 5.56 Å². The molecule has 0 heterocycles. The van der Waals surface area contributed by atoms with E-state index in [-0.39, 0.29) is 17.1 Å². The van der Waals surface area contributed by atoms with Crippen LogP contribution in [-0.4, -0.2) is 11.8 Å². The fourth-order valence-corrected chi connectivity index (χ4v) is 1.89.